The predicted molar refractivity (Wildman–Crippen MR) is 72.4 cm³/mol. The highest BCUT2D eigenvalue weighted by molar-refractivity contribution is 7.99. The van der Waals surface area contributed by atoms with Gasteiger partial charge >= 0.3 is 0 Å². The van der Waals surface area contributed by atoms with Gasteiger partial charge < -0.3 is 10.5 Å². The molecule has 3 rings (SSSR count). The van der Waals surface area contributed by atoms with Gasteiger partial charge in [-0.3, -0.25) is 4.90 Å². The summed E-state index contributed by atoms with van der Waals surface area (Å²) < 4.78 is 6.10. The third-order valence-electron chi connectivity index (χ3n) is 4.54. The van der Waals surface area contributed by atoms with E-state index >= 15 is 0 Å². The Balaban J connectivity index is 1.62. The summed E-state index contributed by atoms with van der Waals surface area (Å²) in [5, 5.41) is 0. The normalized spacial score (nSPS) is 44.3. The third-order valence-corrected chi connectivity index (χ3v) is 5.76. The Bertz CT molecular complexity index is 268. The first-order valence-electron chi connectivity index (χ1n) is 6.99. The summed E-state index contributed by atoms with van der Waals surface area (Å²) in [6.45, 7) is 3.31. The molecule has 3 nitrogen and oxygen atoms in total. The van der Waals surface area contributed by atoms with Crippen LogP contribution in [0.2, 0.25) is 0 Å². The summed E-state index contributed by atoms with van der Waals surface area (Å²) in [6, 6.07) is 1.13. The zero-order valence-corrected chi connectivity index (χ0v) is 11.4. The Hall–Kier alpha value is 0.230. The first kappa shape index (κ1) is 12.3. The summed E-state index contributed by atoms with van der Waals surface area (Å²) >= 11 is 2.06. The molecule has 1 spiro atoms. The maximum atomic E-state index is 6.10. The van der Waals surface area contributed by atoms with Gasteiger partial charge in [0.25, 0.3) is 0 Å². The SMILES string of the molecule is NC1CCCN(C2CCOC3(CCSC3)C2)C1. The lowest BCUT2D eigenvalue weighted by Crippen LogP contribution is -2.53. The van der Waals surface area contributed by atoms with Crippen LogP contribution in [0.15, 0.2) is 0 Å². The first-order chi connectivity index (χ1) is 8.27. The van der Waals surface area contributed by atoms with E-state index in [0.717, 1.165) is 19.2 Å². The Kier molecular flexibility index (Phi) is 3.67. The molecule has 3 aliphatic rings. The van der Waals surface area contributed by atoms with E-state index in [1.54, 1.807) is 0 Å². The predicted octanol–water partition coefficient (Wildman–Crippen LogP) is 1.46. The average molecular weight is 256 g/mol. The molecule has 0 bridgehead atoms. The van der Waals surface area contributed by atoms with Crippen molar-refractivity contribution in [2.75, 3.05) is 31.2 Å². The maximum absolute atomic E-state index is 6.10. The zero-order valence-electron chi connectivity index (χ0n) is 10.6. The monoisotopic (exact) mass is 256 g/mol. The van der Waals surface area contributed by atoms with Crippen molar-refractivity contribution < 1.29 is 4.74 Å². The summed E-state index contributed by atoms with van der Waals surface area (Å²) in [6.07, 6.45) is 6.20. The minimum atomic E-state index is 0.217. The molecular weight excluding hydrogens is 232 g/mol. The van der Waals surface area contributed by atoms with E-state index in [2.05, 4.69) is 16.7 Å². The highest BCUT2D eigenvalue weighted by Crippen LogP contribution is 2.39. The highest BCUT2D eigenvalue weighted by atomic mass is 32.2. The van der Waals surface area contributed by atoms with Crippen molar-refractivity contribution in [1.82, 2.24) is 4.90 Å². The molecule has 3 heterocycles. The number of piperidine rings is 1. The Morgan fingerprint density at radius 2 is 2.29 bits per heavy atom. The second-order valence-electron chi connectivity index (χ2n) is 5.88. The van der Waals surface area contributed by atoms with Crippen LogP contribution in [0.1, 0.15) is 32.1 Å². The average Bonchev–Trinajstić information content (AvgIpc) is 2.77. The molecule has 3 unspecified atom stereocenters. The fourth-order valence-corrected chi connectivity index (χ4v) is 4.93. The molecule has 3 saturated heterocycles. The molecule has 0 radical (unpaired) electrons. The molecule has 3 aliphatic heterocycles. The lowest BCUT2D eigenvalue weighted by atomic mass is 9.88. The number of hydrogen-bond donors (Lipinski definition) is 1. The Labute approximate surface area is 108 Å². The largest absolute Gasteiger partial charge is 0.374 e. The summed E-state index contributed by atoms with van der Waals surface area (Å²) in [5.74, 6) is 2.50. The van der Waals surface area contributed by atoms with Gasteiger partial charge in [0.1, 0.15) is 0 Å². The van der Waals surface area contributed by atoms with Crippen LogP contribution in [0.3, 0.4) is 0 Å². The minimum absolute atomic E-state index is 0.217. The molecule has 17 heavy (non-hydrogen) atoms. The lowest BCUT2D eigenvalue weighted by molar-refractivity contribution is -0.0922. The van der Waals surface area contributed by atoms with E-state index in [-0.39, 0.29) is 5.60 Å². The van der Waals surface area contributed by atoms with Crippen molar-refractivity contribution in [3.05, 3.63) is 0 Å². The van der Waals surface area contributed by atoms with Gasteiger partial charge in [-0.05, 0) is 44.4 Å². The molecule has 98 valence electrons. The van der Waals surface area contributed by atoms with Gasteiger partial charge in [-0.1, -0.05) is 0 Å². The topological polar surface area (TPSA) is 38.5 Å². The number of nitrogens with zero attached hydrogens (tertiary/aromatic N) is 1. The molecule has 4 heteroatoms. The molecule has 3 atom stereocenters. The first-order valence-corrected chi connectivity index (χ1v) is 8.14. The van der Waals surface area contributed by atoms with Crippen LogP contribution < -0.4 is 5.73 Å². The van der Waals surface area contributed by atoms with Crippen molar-refractivity contribution in [3.63, 3.8) is 0 Å². The van der Waals surface area contributed by atoms with Crippen LogP contribution in [0.5, 0.6) is 0 Å². The molecular formula is C13H24N2OS. The van der Waals surface area contributed by atoms with E-state index < -0.39 is 0 Å². The van der Waals surface area contributed by atoms with Gasteiger partial charge in [-0.25, -0.2) is 0 Å². The number of likely N-dealkylation sites (tertiary alicyclic amines) is 1. The smallest absolute Gasteiger partial charge is 0.0795 e. The molecule has 2 N–H and O–H groups in total. The van der Waals surface area contributed by atoms with Crippen LogP contribution >= 0.6 is 11.8 Å². The summed E-state index contributed by atoms with van der Waals surface area (Å²) in [4.78, 5) is 2.64. The van der Waals surface area contributed by atoms with Crippen molar-refractivity contribution >= 4 is 11.8 Å². The van der Waals surface area contributed by atoms with Gasteiger partial charge in [0.15, 0.2) is 0 Å². The number of rotatable bonds is 1. The minimum Gasteiger partial charge on any atom is -0.374 e. The summed E-state index contributed by atoms with van der Waals surface area (Å²) in [5.41, 5.74) is 6.32. The van der Waals surface area contributed by atoms with Crippen molar-refractivity contribution in [2.45, 2.75) is 49.8 Å². The fraction of sp³-hybridized carbons (Fsp3) is 1.00. The highest BCUT2D eigenvalue weighted by Gasteiger charge is 2.42. The Morgan fingerprint density at radius 1 is 1.35 bits per heavy atom. The van der Waals surface area contributed by atoms with Crippen LogP contribution in [-0.2, 0) is 4.74 Å². The fourth-order valence-electron chi connectivity index (χ4n) is 3.55. The van der Waals surface area contributed by atoms with Gasteiger partial charge in [0.2, 0.25) is 0 Å². The third kappa shape index (κ3) is 2.65. The number of ether oxygens (including phenoxy) is 1. The van der Waals surface area contributed by atoms with Crippen LogP contribution in [0, 0.1) is 0 Å². The molecule has 0 saturated carbocycles. The van der Waals surface area contributed by atoms with Gasteiger partial charge in [-0.15, -0.1) is 0 Å². The molecule has 0 aromatic rings. The van der Waals surface area contributed by atoms with E-state index in [9.17, 15) is 0 Å². The van der Waals surface area contributed by atoms with E-state index in [0.29, 0.717) is 6.04 Å². The second-order valence-corrected chi connectivity index (χ2v) is 6.98. The van der Waals surface area contributed by atoms with Crippen LogP contribution in [-0.4, -0.2) is 53.8 Å². The number of thioether (sulfide) groups is 1. The molecule has 0 amide bonds. The maximum Gasteiger partial charge on any atom is 0.0795 e. The quantitative estimate of drug-likeness (QED) is 0.771. The van der Waals surface area contributed by atoms with Gasteiger partial charge in [-0.2, -0.15) is 11.8 Å². The van der Waals surface area contributed by atoms with Gasteiger partial charge in [0, 0.05) is 31.0 Å². The van der Waals surface area contributed by atoms with Crippen molar-refractivity contribution in [1.29, 1.82) is 0 Å². The number of hydrogen-bond acceptors (Lipinski definition) is 4. The van der Waals surface area contributed by atoms with E-state index in [1.807, 2.05) is 0 Å². The standard InChI is InChI=1S/C13H24N2OS/c14-11-2-1-5-15(9-11)12-3-6-16-13(8-12)4-7-17-10-13/h11-12H,1-10,14H2. The molecule has 0 aromatic heterocycles. The van der Waals surface area contributed by atoms with E-state index in [4.69, 9.17) is 10.5 Å². The van der Waals surface area contributed by atoms with Crippen molar-refractivity contribution in [2.24, 2.45) is 5.73 Å². The van der Waals surface area contributed by atoms with Crippen molar-refractivity contribution in [3.8, 4) is 0 Å². The molecule has 0 aromatic carbocycles. The van der Waals surface area contributed by atoms with E-state index in [1.165, 1.54) is 50.2 Å². The second kappa shape index (κ2) is 5.08. The zero-order chi connectivity index (χ0) is 11.7. The molecule has 3 fully saturated rings. The van der Waals surface area contributed by atoms with Crippen LogP contribution in [0.4, 0.5) is 0 Å². The van der Waals surface area contributed by atoms with Gasteiger partial charge in [0.05, 0.1) is 5.60 Å². The number of nitrogens with two attached hydrogens (primary N) is 1. The lowest BCUT2D eigenvalue weighted by Gasteiger charge is -2.44. The Morgan fingerprint density at radius 3 is 3.06 bits per heavy atom. The summed E-state index contributed by atoms with van der Waals surface area (Å²) in [7, 11) is 0. The molecule has 0 aliphatic carbocycles. The van der Waals surface area contributed by atoms with Crippen LogP contribution in [0.25, 0.3) is 0 Å².